The van der Waals surface area contributed by atoms with Gasteiger partial charge in [-0.15, -0.1) is 0 Å². The molecule has 1 amide bonds. The van der Waals surface area contributed by atoms with Crippen LogP contribution in [0.3, 0.4) is 0 Å². The average Bonchev–Trinajstić information content (AvgIpc) is 3.46. The maximum Gasteiger partial charge on any atom is 0.227 e. The first-order valence-electron chi connectivity index (χ1n) is 13.6. The van der Waals surface area contributed by atoms with Gasteiger partial charge in [-0.3, -0.25) is 4.79 Å². The summed E-state index contributed by atoms with van der Waals surface area (Å²) in [6.45, 7) is 2.77. The van der Waals surface area contributed by atoms with Crippen molar-refractivity contribution in [2.75, 3.05) is 45.4 Å². The number of pyridine rings is 1. The van der Waals surface area contributed by atoms with Crippen LogP contribution < -0.4 is 14.4 Å². The Hall–Kier alpha value is -3.43. The zero-order valence-corrected chi connectivity index (χ0v) is 22.6. The van der Waals surface area contributed by atoms with Gasteiger partial charge < -0.3 is 29.1 Å². The second-order valence-electron chi connectivity index (χ2n) is 10.3. The number of halogens is 1. The molecule has 3 heterocycles. The summed E-state index contributed by atoms with van der Waals surface area (Å²) < 4.78 is 30.9. The predicted molar refractivity (Wildman–Crippen MR) is 147 cm³/mol. The Balaban J connectivity index is 1.48. The lowest BCUT2D eigenvalue weighted by Gasteiger charge is -2.33. The molecular formula is C30H36FN3O5. The normalized spacial score (nSPS) is 17.9. The van der Waals surface area contributed by atoms with Crippen LogP contribution in [0, 0.1) is 5.82 Å². The highest BCUT2D eigenvalue weighted by Crippen LogP contribution is 2.30. The van der Waals surface area contributed by atoms with E-state index >= 15 is 0 Å². The van der Waals surface area contributed by atoms with Gasteiger partial charge in [0.05, 0.1) is 38.4 Å². The van der Waals surface area contributed by atoms with Crippen molar-refractivity contribution < 1.29 is 28.5 Å². The summed E-state index contributed by atoms with van der Waals surface area (Å²) in [5.74, 6) is 1.61. The van der Waals surface area contributed by atoms with Crippen molar-refractivity contribution in [2.24, 2.45) is 0 Å². The quantitative estimate of drug-likeness (QED) is 0.440. The summed E-state index contributed by atoms with van der Waals surface area (Å²) in [6, 6.07) is 12.0. The third kappa shape index (κ3) is 6.42. The first-order valence-corrected chi connectivity index (χ1v) is 13.6. The number of carbonyl (C=O) groups is 1. The standard InChI is InChI=1S/C30H36FN3O5/c1-37-25-7-8-28(38-2)21(15-25)16-29(36)34(19-26-4-3-13-39-26)18-22-14-20-5-6-23(31)17-27(20)32-30(22)33-11-9-24(35)10-12-33/h5-8,14-15,17,24,26,35H,3-4,9-13,16,18-19H2,1-2H3/t26-/m1/s1. The third-order valence-corrected chi connectivity index (χ3v) is 7.59. The van der Waals surface area contributed by atoms with Gasteiger partial charge in [-0.05, 0) is 62.1 Å². The van der Waals surface area contributed by atoms with Crippen LogP contribution in [-0.2, 0) is 22.5 Å². The number of methoxy groups -OCH3 is 2. The number of aliphatic hydroxyl groups is 1. The number of anilines is 1. The lowest BCUT2D eigenvalue weighted by Crippen LogP contribution is -2.40. The number of aromatic nitrogens is 1. The van der Waals surface area contributed by atoms with Crippen LogP contribution in [0.5, 0.6) is 11.5 Å². The lowest BCUT2D eigenvalue weighted by molar-refractivity contribution is -0.132. The molecule has 1 atom stereocenters. The van der Waals surface area contributed by atoms with Gasteiger partial charge >= 0.3 is 0 Å². The van der Waals surface area contributed by atoms with E-state index in [1.165, 1.54) is 12.1 Å². The first-order chi connectivity index (χ1) is 18.9. The van der Waals surface area contributed by atoms with Crippen LogP contribution in [0.4, 0.5) is 10.2 Å². The van der Waals surface area contributed by atoms with E-state index in [1.807, 2.05) is 23.1 Å². The molecule has 0 spiro atoms. The van der Waals surface area contributed by atoms with E-state index < -0.39 is 0 Å². The fourth-order valence-corrected chi connectivity index (χ4v) is 5.43. The minimum atomic E-state index is -0.342. The molecule has 1 N–H and O–H groups in total. The van der Waals surface area contributed by atoms with Crippen molar-refractivity contribution in [1.82, 2.24) is 9.88 Å². The van der Waals surface area contributed by atoms with Crippen molar-refractivity contribution in [2.45, 2.75) is 50.9 Å². The molecule has 2 fully saturated rings. The Bertz CT molecular complexity index is 1310. The van der Waals surface area contributed by atoms with Crippen LogP contribution in [0.15, 0.2) is 42.5 Å². The summed E-state index contributed by atoms with van der Waals surface area (Å²) in [6.07, 6.45) is 2.92. The number of fused-ring (bicyclic) bond motifs is 1. The summed E-state index contributed by atoms with van der Waals surface area (Å²) >= 11 is 0. The van der Waals surface area contributed by atoms with E-state index in [2.05, 4.69) is 4.90 Å². The highest BCUT2D eigenvalue weighted by molar-refractivity contribution is 5.83. The Labute approximate surface area is 228 Å². The van der Waals surface area contributed by atoms with Gasteiger partial charge in [0.15, 0.2) is 0 Å². The molecular weight excluding hydrogens is 501 g/mol. The molecule has 0 saturated carbocycles. The van der Waals surface area contributed by atoms with Gasteiger partial charge in [-0.1, -0.05) is 0 Å². The van der Waals surface area contributed by atoms with Crippen LogP contribution in [0.2, 0.25) is 0 Å². The number of rotatable bonds is 9. The number of hydrogen-bond donors (Lipinski definition) is 1. The first kappa shape index (κ1) is 27.1. The lowest BCUT2D eigenvalue weighted by atomic mass is 10.0. The molecule has 208 valence electrons. The number of nitrogens with zero attached hydrogens (tertiary/aromatic N) is 3. The Morgan fingerprint density at radius 1 is 1.10 bits per heavy atom. The predicted octanol–water partition coefficient (Wildman–Crippen LogP) is 4.10. The molecule has 39 heavy (non-hydrogen) atoms. The Kier molecular flexibility index (Phi) is 8.47. The molecule has 2 aromatic carbocycles. The van der Waals surface area contributed by atoms with E-state index in [-0.39, 0.29) is 30.4 Å². The molecule has 0 aliphatic carbocycles. The second-order valence-corrected chi connectivity index (χ2v) is 10.3. The monoisotopic (exact) mass is 537 g/mol. The van der Waals surface area contributed by atoms with Gasteiger partial charge in [0, 0.05) is 55.4 Å². The van der Waals surface area contributed by atoms with E-state index in [0.717, 1.165) is 35.2 Å². The average molecular weight is 538 g/mol. The fraction of sp³-hybridized carbons (Fsp3) is 0.467. The van der Waals surface area contributed by atoms with Crippen LogP contribution in [0.25, 0.3) is 10.9 Å². The minimum absolute atomic E-state index is 0.0303. The van der Waals surface area contributed by atoms with Crippen LogP contribution >= 0.6 is 0 Å². The number of amides is 1. The molecule has 3 aromatic rings. The molecule has 1 aromatic heterocycles. The van der Waals surface area contributed by atoms with Gasteiger partial charge in [0.25, 0.3) is 0 Å². The summed E-state index contributed by atoms with van der Waals surface area (Å²) in [5, 5.41) is 10.9. The van der Waals surface area contributed by atoms with Gasteiger partial charge in [0.1, 0.15) is 23.1 Å². The van der Waals surface area contributed by atoms with E-state index in [0.29, 0.717) is 62.6 Å². The molecule has 2 aliphatic rings. The Morgan fingerprint density at radius 2 is 1.92 bits per heavy atom. The number of ether oxygens (including phenoxy) is 3. The summed E-state index contributed by atoms with van der Waals surface area (Å²) in [4.78, 5) is 22.7. The SMILES string of the molecule is COc1ccc(OC)c(CC(=O)N(Cc2cc3ccc(F)cc3nc2N2CCC(O)CC2)C[C@H]2CCCO2)c1. The van der Waals surface area contributed by atoms with E-state index in [1.54, 1.807) is 26.4 Å². The fourth-order valence-electron chi connectivity index (χ4n) is 5.43. The maximum absolute atomic E-state index is 14.1. The molecule has 0 radical (unpaired) electrons. The van der Waals surface area contributed by atoms with Gasteiger partial charge in [0.2, 0.25) is 5.91 Å². The molecule has 5 rings (SSSR count). The number of hydrogen-bond acceptors (Lipinski definition) is 7. The van der Waals surface area contributed by atoms with Crippen molar-refractivity contribution in [3.8, 4) is 11.5 Å². The van der Waals surface area contributed by atoms with Crippen molar-refractivity contribution in [3.05, 3.63) is 59.4 Å². The molecule has 2 saturated heterocycles. The second kappa shape index (κ2) is 12.2. The Morgan fingerprint density at radius 3 is 2.64 bits per heavy atom. The van der Waals surface area contributed by atoms with Crippen LogP contribution in [0.1, 0.15) is 36.8 Å². The highest BCUT2D eigenvalue weighted by Gasteiger charge is 2.27. The number of carbonyl (C=O) groups excluding carboxylic acids is 1. The number of piperidine rings is 1. The molecule has 9 heteroatoms. The third-order valence-electron chi connectivity index (χ3n) is 7.59. The van der Waals surface area contributed by atoms with Gasteiger partial charge in [-0.2, -0.15) is 0 Å². The van der Waals surface area contributed by atoms with Crippen molar-refractivity contribution >= 4 is 22.6 Å². The summed E-state index contributed by atoms with van der Waals surface area (Å²) in [5.41, 5.74) is 2.20. The maximum atomic E-state index is 14.1. The van der Waals surface area contributed by atoms with E-state index in [9.17, 15) is 14.3 Å². The van der Waals surface area contributed by atoms with Crippen LogP contribution in [-0.4, -0.2) is 73.6 Å². The zero-order chi connectivity index (χ0) is 27.4. The minimum Gasteiger partial charge on any atom is -0.497 e. The van der Waals surface area contributed by atoms with Gasteiger partial charge in [-0.25, -0.2) is 9.37 Å². The summed E-state index contributed by atoms with van der Waals surface area (Å²) in [7, 11) is 3.18. The van der Waals surface area contributed by atoms with Crippen molar-refractivity contribution in [1.29, 1.82) is 0 Å². The smallest absolute Gasteiger partial charge is 0.227 e. The number of aliphatic hydroxyl groups excluding tert-OH is 1. The molecule has 0 unspecified atom stereocenters. The molecule has 8 nitrogen and oxygen atoms in total. The van der Waals surface area contributed by atoms with Crippen molar-refractivity contribution in [3.63, 3.8) is 0 Å². The highest BCUT2D eigenvalue weighted by atomic mass is 19.1. The largest absolute Gasteiger partial charge is 0.497 e. The van der Waals surface area contributed by atoms with E-state index in [4.69, 9.17) is 19.2 Å². The molecule has 0 bridgehead atoms. The molecule has 2 aliphatic heterocycles. The topological polar surface area (TPSA) is 84.4 Å². The number of benzene rings is 2. The zero-order valence-electron chi connectivity index (χ0n) is 22.6.